The molecule has 6 heteroatoms. The normalized spacial score (nSPS) is 28.6. The molecule has 0 aromatic carbocycles. The fraction of sp³-hybridized carbons (Fsp3) is 0.950. The highest BCUT2D eigenvalue weighted by Crippen LogP contribution is 2.21. The summed E-state index contributed by atoms with van der Waals surface area (Å²) in [5, 5.41) is 3.70. The fourth-order valence-electron chi connectivity index (χ4n) is 4.91. The van der Waals surface area contributed by atoms with Crippen molar-refractivity contribution in [3.8, 4) is 0 Å². The maximum atomic E-state index is 4.58. The molecule has 1 N–H and O–H groups in total. The van der Waals surface area contributed by atoms with E-state index in [1.54, 1.807) is 0 Å². The Morgan fingerprint density at radius 3 is 2.50 bits per heavy atom. The van der Waals surface area contributed by atoms with Gasteiger partial charge in [-0.3, -0.25) is 9.89 Å². The highest BCUT2D eigenvalue weighted by Gasteiger charge is 2.31. The van der Waals surface area contributed by atoms with Gasteiger partial charge in [0.1, 0.15) is 0 Å². The number of nitrogens with one attached hydrogen (secondary N) is 1. The minimum absolute atomic E-state index is 0. The zero-order valence-corrected chi connectivity index (χ0v) is 19.5. The molecule has 152 valence electrons. The summed E-state index contributed by atoms with van der Waals surface area (Å²) < 4.78 is 0. The van der Waals surface area contributed by atoms with Gasteiger partial charge in [-0.05, 0) is 63.6 Å². The van der Waals surface area contributed by atoms with Crippen LogP contribution in [-0.2, 0) is 0 Å². The molecule has 3 fully saturated rings. The predicted octanol–water partition coefficient (Wildman–Crippen LogP) is 2.72. The Morgan fingerprint density at radius 2 is 1.81 bits per heavy atom. The molecule has 3 rings (SSSR count). The third kappa shape index (κ3) is 6.23. The van der Waals surface area contributed by atoms with Gasteiger partial charge in [0, 0.05) is 45.8 Å². The quantitative estimate of drug-likeness (QED) is 0.375. The first-order valence-corrected chi connectivity index (χ1v) is 10.6. The Bertz CT molecular complexity index is 436. The van der Waals surface area contributed by atoms with Crippen molar-refractivity contribution in [1.82, 2.24) is 20.0 Å². The van der Waals surface area contributed by atoms with Crippen LogP contribution < -0.4 is 5.32 Å². The third-order valence-corrected chi connectivity index (χ3v) is 6.11. The number of guanidine groups is 1. The standard InChI is InChI=1S/C20H39N5.HI/c1-17(2)14-23-9-6-7-18(15-23)13-22-20(21-3)25-12-8-19(16-25)24-10-4-5-11-24;/h17-19H,4-16H2,1-3H3,(H,21,22);1H. The van der Waals surface area contributed by atoms with Gasteiger partial charge in [-0.15, -0.1) is 24.0 Å². The van der Waals surface area contributed by atoms with E-state index in [2.05, 4.69) is 38.9 Å². The molecule has 0 spiro atoms. The van der Waals surface area contributed by atoms with E-state index in [1.807, 2.05) is 7.05 Å². The van der Waals surface area contributed by atoms with Gasteiger partial charge in [0.05, 0.1) is 0 Å². The van der Waals surface area contributed by atoms with Crippen LogP contribution >= 0.6 is 24.0 Å². The van der Waals surface area contributed by atoms with E-state index in [9.17, 15) is 0 Å². The number of rotatable bonds is 5. The topological polar surface area (TPSA) is 34.1 Å². The Morgan fingerprint density at radius 1 is 1.04 bits per heavy atom. The number of hydrogen-bond acceptors (Lipinski definition) is 3. The van der Waals surface area contributed by atoms with Crippen molar-refractivity contribution in [2.75, 3.05) is 59.4 Å². The smallest absolute Gasteiger partial charge is 0.193 e. The molecule has 5 nitrogen and oxygen atoms in total. The Balaban J connectivity index is 0.00000243. The predicted molar refractivity (Wildman–Crippen MR) is 122 cm³/mol. The second kappa shape index (κ2) is 11.1. The SMILES string of the molecule is CN=C(NCC1CCCN(CC(C)C)C1)N1CCC(N2CCCC2)C1.I. The second-order valence-electron chi connectivity index (χ2n) is 8.72. The molecule has 2 atom stereocenters. The van der Waals surface area contributed by atoms with Crippen LogP contribution in [0.15, 0.2) is 4.99 Å². The summed E-state index contributed by atoms with van der Waals surface area (Å²) in [5.41, 5.74) is 0. The maximum absolute atomic E-state index is 4.58. The first-order chi connectivity index (χ1) is 12.2. The van der Waals surface area contributed by atoms with E-state index in [-0.39, 0.29) is 24.0 Å². The van der Waals surface area contributed by atoms with Gasteiger partial charge >= 0.3 is 0 Å². The molecule has 0 amide bonds. The molecule has 26 heavy (non-hydrogen) atoms. The second-order valence-corrected chi connectivity index (χ2v) is 8.72. The number of aliphatic imine (C=N–C) groups is 1. The summed E-state index contributed by atoms with van der Waals surface area (Å²) in [6.07, 6.45) is 6.77. The van der Waals surface area contributed by atoms with E-state index in [0.717, 1.165) is 43.5 Å². The zero-order chi connectivity index (χ0) is 17.6. The van der Waals surface area contributed by atoms with Crippen molar-refractivity contribution in [2.45, 2.75) is 52.0 Å². The highest BCUT2D eigenvalue weighted by molar-refractivity contribution is 14.0. The maximum Gasteiger partial charge on any atom is 0.193 e. The lowest BCUT2D eigenvalue weighted by Crippen LogP contribution is -2.46. The number of hydrogen-bond donors (Lipinski definition) is 1. The molecule has 2 unspecified atom stereocenters. The molecule has 0 aromatic heterocycles. The van der Waals surface area contributed by atoms with Crippen molar-refractivity contribution < 1.29 is 0 Å². The Labute approximate surface area is 178 Å². The van der Waals surface area contributed by atoms with Crippen LogP contribution in [0.5, 0.6) is 0 Å². The van der Waals surface area contributed by atoms with Gasteiger partial charge in [-0.1, -0.05) is 13.8 Å². The first-order valence-electron chi connectivity index (χ1n) is 10.6. The average molecular weight is 477 g/mol. The minimum Gasteiger partial charge on any atom is -0.356 e. The van der Waals surface area contributed by atoms with E-state index in [1.165, 1.54) is 64.8 Å². The molecule has 0 aliphatic carbocycles. The van der Waals surface area contributed by atoms with Crippen LogP contribution in [0.4, 0.5) is 0 Å². The molecule has 0 bridgehead atoms. The monoisotopic (exact) mass is 477 g/mol. The lowest BCUT2D eigenvalue weighted by Gasteiger charge is -2.34. The van der Waals surface area contributed by atoms with Crippen LogP contribution in [0.2, 0.25) is 0 Å². The minimum atomic E-state index is 0. The summed E-state index contributed by atoms with van der Waals surface area (Å²) in [6.45, 7) is 14.4. The molecule has 0 saturated carbocycles. The molecule has 3 aliphatic heterocycles. The van der Waals surface area contributed by atoms with Gasteiger partial charge in [0.2, 0.25) is 0 Å². The summed E-state index contributed by atoms with van der Waals surface area (Å²) in [5.74, 6) is 2.66. The first kappa shape index (κ1) is 22.2. The van der Waals surface area contributed by atoms with Crippen molar-refractivity contribution in [3.05, 3.63) is 0 Å². The van der Waals surface area contributed by atoms with Gasteiger partial charge in [-0.2, -0.15) is 0 Å². The summed E-state index contributed by atoms with van der Waals surface area (Å²) in [6, 6.07) is 0.747. The van der Waals surface area contributed by atoms with E-state index < -0.39 is 0 Å². The van der Waals surface area contributed by atoms with Crippen LogP contribution in [0.3, 0.4) is 0 Å². The highest BCUT2D eigenvalue weighted by atomic mass is 127. The average Bonchev–Trinajstić information content (AvgIpc) is 3.27. The number of piperidine rings is 1. The van der Waals surface area contributed by atoms with E-state index in [4.69, 9.17) is 0 Å². The summed E-state index contributed by atoms with van der Waals surface area (Å²) in [7, 11) is 1.94. The van der Waals surface area contributed by atoms with Crippen molar-refractivity contribution in [2.24, 2.45) is 16.8 Å². The third-order valence-electron chi connectivity index (χ3n) is 6.11. The van der Waals surface area contributed by atoms with Gasteiger partial charge in [0.15, 0.2) is 5.96 Å². The largest absolute Gasteiger partial charge is 0.356 e. The Hall–Kier alpha value is -0.0800. The lowest BCUT2D eigenvalue weighted by atomic mass is 9.97. The van der Waals surface area contributed by atoms with Gasteiger partial charge in [-0.25, -0.2) is 0 Å². The van der Waals surface area contributed by atoms with Crippen LogP contribution in [0.1, 0.15) is 46.0 Å². The molecule has 0 aromatic rings. The number of nitrogens with zero attached hydrogens (tertiary/aromatic N) is 4. The molecule has 3 heterocycles. The number of likely N-dealkylation sites (tertiary alicyclic amines) is 3. The van der Waals surface area contributed by atoms with Crippen LogP contribution in [0.25, 0.3) is 0 Å². The summed E-state index contributed by atoms with van der Waals surface area (Å²) in [4.78, 5) is 12.4. The van der Waals surface area contributed by atoms with Crippen LogP contribution in [0, 0.1) is 11.8 Å². The van der Waals surface area contributed by atoms with Crippen LogP contribution in [-0.4, -0.2) is 86.1 Å². The van der Waals surface area contributed by atoms with Gasteiger partial charge < -0.3 is 15.1 Å². The molecular weight excluding hydrogens is 437 g/mol. The van der Waals surface area contributed by atoms with Crippen molar-refractivity contribution in [1.29, 1.82) is 0 Å². The number of halogens is 1. The lowest BCUT2D eigenvalue weighted by molar-refractivity contribution is 0.159. The Kier molecular flexibility index (Phi) is 9.44. The van der Waals surface area contributed by atoms with Gasteiger partial charge in [0.25, 0.3) is 0 Å². The van der Waals surface area contributed by atoms with Crippen molar-refractivity contribution in [3.63, 3.8) is 0 Å². The zero-order valence-electron chi connectivity index (χ0n) is 17.1. The molecule has 0 radical (unpaired) electrons. The van der Waals surface area contributed by atoms with E-state index >= 15 is 0 Å². The van der Waals surface area contributed by atoms with E-state index in [0.29, 0.717) is 0 Å². The summed E-state index contributed by atoms with van der Waals surface area (Å²) >= 11 is 0. The molecule has 3 aliphatic rings. The fourth-order valence-corrected chi connectivity index (χ4v) is 4.91. The molecular formula is C20H40IN5. The van der Waals surface area contributed by atoms with Crippen molar-refractivity contribution >= 4 is 29.9 Å². The molecule has 3 saturated heterocycles.